The van der Waals surface area contributed by atoms with Gasteiger partial charge in [0.25, 0.3) is 11.8 Å². The second-order valence-corrected chi connectivity index (χ2v) is 6.62. The van der Waals surface area contributed by atoms with Gasteiger partial charge < -0.3 is 5.11 Å². The Bertz CT molecular complexity index is 775. The van der Waals surface area contributed by atoms with Crippen molar-refractivity contribution < 1.29 is 32.3 Å². The lowest BCUT2D eigenvalue weighted by Gasteiger charge is -2.18. The predicted molar refractivity (Wildman–Crippen MR) is 82.4 cm³/mol. The highest BCUT2D eigenvalue weighted by Crippen LogP contribution is 2.12. The standard InChI is InChI=1S/C14H17FN2O6S/c1-9-4-5-10(6-11(9)15)8-17(23-2)13(19)7-12(18)14(20)16-24(3,21)22/h4-7,18H,8H2,1-3H3,(H,16,20). The zero-order valence-corrected chi connectivity index (χ0v) is 14.1. The summed E-state index contributed by atoms with van der Waals surface area (Å²) >= 11 is 0. The number of halogens is 1. The van der Waals surface area contributed by atoms with Gasteiger partial charge in [0.2, 0.25) is 10.0 Å². The summed E-state index contributed by atoms with van der Waals surface area (Å²) in [6.07, 6.45) is 1.21. The number of hydrogen-bond donors (Lipinski definition) is 2. The first kappa shape index (κ1) is 19.6. The third-order valence-electron chi connectivity index (χ3n) is 2.80. The molecule has 0 aliphatic heterocycles. The highest BCUT2D eigenvalue weighted by Gasteiger charge is 2.18. The van der Waals surface area contributed by atoms with E-state index in [-0.39, 0.29) is 6.54 Å². The van der Waals surface area contributed by atoms with Gasteiger partial charge in [-0.25, -0.2) is 22.6 Å². The zero-order chi connectivity index (χ0) is 18.5. The van der Waals surface area contributed by atoms with E-state index in [4.69, 9.17) is 4.84 Å². The summed E-state index contributed by atoms with van der Waals surface area (Å²) in [5.74, 6) is -3.85. The maximum atomic E-state index is 13.5. The molecule has 0 aliphatic rings. The topological polar surface area (TPSA) is 113 Å². The molecule has 24 heavy (non-hydrogen) atoms. The first-order valence-corrected chi connectivity index (χ1v) is 8.46. The molecule has 0 atom stereocenters. The average molecular weight is 360 g/mol. The lowest BCUT2D eigenvalue weighted by molar-refractivity contribution is -0.173. The Morgan fingerprint density at radius 1 is 1.42 bits per heavy atom. The zero-order valence-electron chi connectivity index (χ0n) is 13.2. The number of carbonyl (C=O) groups excluding carboxylic acids is 2. The third kappa shape index (κ3) is 5.97. The quantitative estimate of drug-likeness (QED) is 0.435. The van der Waals surface area contributed by atoms with Crippen LogP contribution in [-0.4, -0.2) is 43.8 Å². The molecule has 1 rings (SSSR count). The molecule has 0 bridgehead atoms. The summed E-state index contributed by atoms with van der Waals surface area (Å²) in [4.78, 5) is 28.2. The minimum Gasteiger partial charge on any atom is -0.503 e. The van der Waals surface area contributed by atoms with Crippen LogP contribution in [0.5, 0.6) is 0 Å². The van der Waals surface area contributed by atoms with Crippen LogP contribution in [0.15, 0.2) is 30.0 Å². The van der Waals surface area contributed by atoms with Crippen LogP contribution in [-0.2, 0) is 31.0 Å². The number of carbonyl (C=O) groups is 2. The van der Waals surface area contributed by atoms with Gasteiger partial charge >= 0.3 is 0 Å². The van der Waals surface area contributed by atoms with Crippen LogP contribution < -0.4 is 4.72 Å². The van der Waals surface area contributed by atoms with E-state index in [0.29, 0.717) is 23.5 Å². The number of hydroxylamine groups is 2. The van der Waals surface area contributed by atoms with Crippen LogP contribution in [0.2, 0.25) is 0 Å². The number of amides is 2. The Hall–Kier alpha value is -2.46. The van der Waals surface area contributed by atoms with E-state index in [0.717, 1.165) is 5.06 Å². The van der Waals surface area contributed by atoms with E-state index < -0.39 is 33.4 Å². The Morgan fingerprint density at radius 3 is 2.54 bits per heavy atom. The lowest BCUT2D eigenvalue weighted by Crippen LogP contribution is -2.32. The molecule has 0 aliphatic carbocycles. The van der Waals surface area contributed by atoms with E-state index in [1.165, 1.54) is 24.0 Å². The lowest BCUT2D eigenvalue weighted by atomic mass is 10.1. The number of sulfonamides is 1. The molecule has 0 saturated heterocycles. The van der Waals surface area contributed by atoms with Crippen molar-refractivity contribution in [1.29, 1.82) is 0 Å². The summed E-state index contributed by atoms with van der Waals surface area (Å²) in [7, 11) is -2.72. The van der Waals surface area contributed by atoms with Gasteiger partial charge in [-0.2, -0.15) is 0 Å². The van der Waals surface area contributed by atoms with Crippen molar-refractivity contribution in [2.24, 2.45) is 0 Å². The fraction of sp³-hybridized carbons (Fsp3) is 0.286. The molecule has 8 nitrogen and oxygen atoms in total. The Labute approximate surface area is 138 Å². The average Bonchev–Trinajstić information content (AvgIpc) is 2.46. The van der Waals surface area contributed by atoms with Crippen molar-refractivity contribution in [2.75, 3.05) is 13.4 Å². The molecule has 2 N–H and O–H groups in total. The summed E-state index contributed by atoms with van der Waals surface area (Å²) in [5.41, 5.74) is 0.853. The summed E-state index contributed by atoms with van der Waals surface area (Å²) in [6.45, 7) is 1.43. The molecule has 0 heterocycles. The van der Waals surface area contributed by atoms with Crippen molar-refractivity contribution in [2.45, 2.75) is 13.5 Å². The molecule has 0 spiro atoms. The van der Waals surface area contributed by atoms with Gasteiger partial charge in [0.15, 0.2) is 5.76 Å². The summed E-state index contributed by atoms with van der Waals surface area (Å²) in [6, 6.07) is 4.32. The van der Waals surface area contributed by atoms with Gasteiger partial charge in [-0.3, -0.25) is 14.4 Å². The second kappa shape index (κ2) is 7.88. The minimum absolute atomic E-state index is 0.149. The van der Waals surface area contributed by atoms with Gasteiger partial charge in [0, 0.05) is 0 Å². The SMILES string of the molecule is CON(Cc1ccc(C)c(F)c1)C(=O)C=C(O)C(=O)NS(C)(=O)=O. The minimum atomic E-state index is -3.89. The highest BCUT2D eigenvalue weighted by atomic mass is 32.2. The molecular weight excluding hydrogens is 343 g/mol. The molecule has 0 saturated carbocycles. The number of benzene rings is 1. The molecule has 0 fully saturated rings. The van der Waals surface area contributed by atoms with Crippen LogP contribution in [0.3, 0.4) is 0 Å². The summed E-state index contributed by atoms with van der Waals surface area (Å²) in [5, 5.41) is 10.2. The second-order valence-electron chi connectivity index (χ2n) is 4.87. The predicted octanol–water partition coefficient (Wildman–Crippen LogP) is 0.542. The highest BCUT2D eigenvalue weighted by molar-refractivity contribution is 7.89. The first-order chi connectivity index (χ1) is 11.0. The van der Waals surface area contributed by atoms with Gasteiger partial charge in [-0.05, 0) is 24.1 Å². The number of aryl methyl sites for hydroxylation is 1. The van der Waals surface area contributed by atoms with Crippen LogP contribution in [0.25, 0.3) is 0 Å². The van der Waals surface area contributed by atoms with Crippen LogP contribution in [0.1, 0.15) is 11.1 Å². The smallest absolute Gasteiger partial charge is 0.299 e. The molecule has 1 aromatic carbocycles. The fourth-order valence-electron chi connectivity index (χ4n) is 1.61. The van der Waals surface area contributed by atoms with Crippen molar-refractivity contribution in [3.05, 3.63) is 47.0 Å². The van der Waals surface area contributed by atoms with Crippen molar-refractivity contribution in [3.63, 3.8) is 0 Å². The molecule has 0 radical (unpaired) electrons. The number of aliphatic hydroxyl groups excluding tert-OH is 1. The van der Waals surface area contributed by atoms with Gasteiger partial charge in [-0.1, -0.05) is 12.1 Å². The molecule has 1 aromatic rings. The van der Waals surface area contributed by atoms with Crippen LogP contribution in [0, 0.1) is 12.7 Å². The van der Waals surface area contributed by atoms with Crippen LogP contribution in [0.4, 0.5) is 4.39 Å². The van der Waals surface area contributed by atoms with E-state index in [2.05, 4.69) is 0 Å². The van der Waals surface area contributed by atoms with Gasteiger partial charge in [0.1, 0.15) is 5.82 Å². The number of hydrogen-bond acceptors (Lipinski definition) is 6. The first-order valence-electron chi connectivity index (χ1n) is 6.57. The Morgan fingerprint density at radius 2 is 2.04 bits per heavy atom. The molecular formula is C14H17FN2O6S. The normalized spacial score (nSPS) is 11.9. The monoisotopic (exact) mass is 360 g/mol. The fourth-order valence-corrected chi connectivity index (χ4v) is 2.05. The van der Waals surface area contributed by atoms with Crippen molar-refractivity contribution >= 4 is 21.8 Å². The van der Waals surface area contributed by atoms with E-state index in [9.17, 15) is 27.5 Å². The number of aliphatic hydroxyl groups is 1. The Balaban J connectivity index is 2.87. The van der Waals surface area contributed by atoms with Crippen molar-refractivity contribution in [3.8, 4) is 0 Å². The van der Waals surface area contributed by atoms with E-state index in [1.54, 1.807) is 13.0 Å². The third-order valence-corrected chi connectivity index (χ3v) is 3.36. The van der Waals surface area contributed by atoms with Crippen molar-refractivity contribution in [1.82, 2.24) is 9.79 Å². The maximum absolute atomic E-state index is 13.5. The number of rotatable bonds is 6. The maximum Gasteiger partial charge on any atom is 0.299 e. The van der Waals surface area contributed by atoms with E-state index in [1.807, 2.05) is 0 Å². The molecule has 2 amide bonds. The largest absolute Gasteiger partial charge is 0.503 e. The summed E-state index contributed by atoms with van der Waals surface area (Å²) < 4.78 is 36.8. The van der Waals surface area contributed by atoms with Crippen LogP contribution >= 0.6 is 0 Å². The number of nitrogens with one attached hydrogen (secondary N) is 1. The Kier molecular flexibility index (Phi) is 6.43. The van der Waals surface area contributed by atoms with Gasteiger partial charge in [-0.15, -0.1) is 0 Å². The van der Waals surface area contributed by atoms with E-state index >= 15 is 0 Å². The molecule has 10 heteroatoms. The number of nitrogens with zero attached hydrogens (tertiary/aromatic N) is 1. The molecule has 0 aromatic heterocycles. The molecule has 132 valence electrons. The molecule has 0 unspecified atom stereocenters. The van der Waals surface area contributed by atoms with Gasteiger partial charge in [0.05, 0.1) is 26.0 Å².